The average Bonchev–Trinajstić information content (AvgIpc) is 2.89. The molecule has 0 spiro atoms. The molecule has 0 fully saturated rings. The van der Waals surface area contributed by atoms with Gasteiger partial charge in [0, 0.05) is 30.4 Å². The number of nitrogens with two attached hydrogens (primary N) is 1. The Bertz CT molecular complexity index is 842. The Labute approximate surface area is 119 Å². The van der Waals surface area contributed by atoms with E-state index < -0.39 is 4.92 Å². The van der Waals surface area contributed by atoms with Crippen LogP contribution in [0.2, 0.25) is 0 Å². The fourth-order valence-corrected chi connectivity index (χ4v) is 2.02. The number of hydrogen-bond donors (Lipinski definition) is 3. The molecule has 2 heterocycles. The van der Waals surface area contributed by atoms with Crippen LogP contribution in [-0.4, -0.2) is 26.9 Å². The number of nitro benzene ring substituents is 1. The van der Waals surface area contributed by atoms with E-state index in [1.54, 1.807) is 13.1 Å². The van der Waals surface area contributed by atoms with Gasteiger partial charge in [-0.25, -0.2) is 9.97 Å². The van der Waals surface area contributed by atoms with Gasteiger partial charge in [-0.2, -0.15) is 0 Å². The number of rotatable bonds is 3. The first-order valence-corrected chi connectivity index (χ1v) is 6.17. The van der Waals surface area contributed by atoms with Crippen LogP contribution in [0.1, 0.15) is 0 Å². The second kappa shape index (κ2) is 4.75. The lowest BCUT2D eigenvalue weighted by molar-refractivity contribution is -0.384. The largest absolute Gasteiger partial charge is 0.398 e. The molecule has 3 aromatic rings. The zero-order valence-electron chi connectivity index (χ0n) is 11.1. The Hall–Kier alpha value is -3.16. The van der Waals surface area contributed by atoms with Gasteiger partial charge < -0.3 is 16.0 Å². The number of imidazole rings is 1. The molecule has 8 heteroatoms. The third-order valence-electron chi connectivity index (χ3n) is 3.10. The highest BCUT2D eigenvalue weighted by Crippen LogP contribution is 2.29. The molecule has 0 aliphatic rings. The summed E-state index contributed by atoms with van der Waals surface area (Å²) in [6.07, 6.45) is 0. The predicted molar refractivity (Wildman–Crippen MR) is 79.9 cm³/mol. The van der Waals surface area contributed by atoms with Gasteiger partial charge in [-0.3, -0.25) is 10.1 Å². The van der Waals surface area contributed by atoms with E-state index in [-0.39, 0.29) is 5.69 Å². The maximum atomic E-state index is 10.9. The predicted octanol–water partition coefficient (Wildman–Crippen LogP) is 2.16. The van der Waals surface area contributed by atoms with E-state index >= 15 is 0 Å². The maximum Gasteiger partial charge on any atom is 0.270 e. The van der Waals surface area contributed by atoms with Crippen LogP contribution in [0.4, 0.5) is 17.2 Å². The summed E-state index contributed by atoms with van der Waals surface area (Å²) in [6.45, 7) is 0. The van der Waals surface area contributed by atoms with Crippen LogP contribution >= 0.6 is 0 Å². The topological polar surface area (TPSA) is 123 Å². The molecule has 0 saturated carbocycles. The third kappa shape index (κ3) is 2.22. The van der Waals surface area contributed by atoms with Crippen molar-refractivity contribution in [2.24, 2.45) is 0 Å². The number of non-ortho nitro benzene ring substituents is 1. The highest BCUT2D eigenvalue weighted by molar-refractivity contribution is 5.82. The number of anilines is 2. The first-order valence-electron chi connectivity index (χ1n) is 6.17. The summed E-state index contributed by atoms with van der Waals surface area (Å²) < 4.78 is 0. The van der Waals surface area contributed by atoms with Crippen LogP contribution in [0.25, 0.3) is 22.6 Å². The normalized spacial score (nSPS) is 10.7. The van der Waals surface area contributed by atoms with Crippen molar-refractivity contribution in [3.63, 3.8) is 0 Å². The number of nitrogens with zero attached hydrogens (tertiary/aromatic N) is 3. The smallest absolute Gasteiger partial charge is 0.270 e. The number of fused-ring (bicyclic) bond motifs is 1. The number of nitrogens with one attached hydrogen (secondary N) is 2. The molecular formula is C13H12N6O2. The van der Waals surface area contributed by atoms with Gasteiger partial charge in [-0.15, -0.1) is 0 Å². The number of aromatic amines is 1. The zero-order chi connectivity index (χ0) is 15.0. The van der Waals surface area contributed by atoms with Crippen LogP contribution in [0.3, 0.4) is 0 Å². The molecule has 8 nitrogen and oxygen atoms in total. The molecule has 0 atom stereocenters. The van der Waals surface area contributed by atoms with Crippen LogP contribution in [0.15, 0.2) is 30.3 Å². The second-order valence-electron chi connectivity index (χ2n) is 4.43. The number of H-pyrrole nitrogens is 1. The van der Waals surface area contributed by atoms with E-state index in [2.05, 4.69) is 20.3 Å². The van der Waals surface area contributed by atoms with Crippen molar-refractivity contribution < 1.29 is 4.92 Å². The van der Waals surface area contributed by atoms with Crippen LogP contribution in [-0.2, 0) is 0 Å². The number of hydrogen-bond acceptors (Lipinski definition) is 6. The minimum Gasteiger partial charge on any atom is -0.398 e. The second-order valence-corrected chi connectivity index (χ2v) is 4.43. The Balaban J connectivity index is 2.15. The molecule has 4 N–H and O–H groups in total. The van der Waals surface area contributed by atoms with Crippen LogP contribution in [0.5, 0.6) is 0 Å². The average molecular weight is 284 g/mol. The number of pyridine rings is 1. The highest BCUT2D eigenvalue weighted by Gasteiger charge is 2.14. The summed E-state index contributed by atoms with van der Waals surface area (Å²) in [7, 11) is 1.76. The summed E-state index contributed by atoms with van der Waals surface area (Å²) in [5.74, 6) is 1.14. The number of nitrogen functional groups attached to an aromatic ring is 1. The Morgan fingerprint density at radius 1 is 1.29 bits per heavy atom. The minimum atomic E-state index is -0.469. The van der Waals surface area contributed by atoms with Gasteiger partial charge >= 0.3 is 0 Å². The third-order valence-corrected chi connectivity index (χ3v) is 3.10. The molecule has 0 amide bonds. The van der Waals surface area contributed by atoms with Gasteiger partial charge in [0.25, 0.3) is 5.69 Å². The van der Waals surface area contributed by atoms with Gasteiger partial charge in [-0.05, 0) is 18.2 Å². The first-order chi connectivity index (χ1) is 10.1. The van der Waals surface area contributed by atoms with Crippen molar-refractivity contribution >= 4 is 28.4 Å². The fourth-order valence-electron chi connectivity index (χ4n) is 2.02. The lowest BCUT2D eigenvalue weighted by atomic mass is 10.1. The Kier molecular flexibility index (Phi) is 2.90. The Morgan fingerprint density at radius 3 is 2.81 bits per heavy atom. The fraction of sp³-hybridized carbons (Fsp3) is 0.0769. The van der Waals surface area contributed by atoms with E-state index in [1.807, 2.05) is 6.07 Å². The molecule has 0 aliphatic heterocycles. The number of benzene rings is 1. The molecule has 3 rings (SSSR count). The van der Waals surface area contributed by atoms with Gasteiger partial charge in [0.05, 0.1) is 10.4 Å². The summed E-state index contributed by atoms with van der Waals surface area (Å²) in [4.78, 5) is 22.1. The van der Waals surface area contributed by atoms with E-state index in [4.69, 9.17) is 5.73 Å². The summed E-state index contributed by atoms with van der Waals surface area (Å²) in [5, 5.41) is 13.8. The molecule has 0 bridgehead atoms. The quantitative estimate of drug-likeness (QED) is 0.384. The van der Waals surface area contributed by atoms with Crippen molar-refractivity contribution in [2.45, 2.75) is 0 Å². The van der Waals surface area contributed by atoms with Gasteiger partial charge in [0.2, 0.25) is 0 Å². The molecule has 21 heavy (non-hydrogen) atoms. The highest BCUT2D eigenvalue weighted by atomic mass is 16.6. The van der Waals surface area contributed by atoms with Crippen LogP contribution in [0, 0.1) is 10.1 Å². The molecule has 2 aromatic heterocycles. The molecule has 106 valence electrons. The van der Waals surface area contributed by atoms with Crippen LogP contribution < -0.4 is 11.1 Å². The SMILES string of the molecule is CNc1ccc2[nH]c(-c3cc([N+](=O)[O-])ccc3N)nc2n1. The monoisotopic (exact) mass is 284 g/mol. The Morgan fingerprint density at radius 2 is 2.10 bits per heavy atom. The lowest BCUT2D eigenvalue weighted by Gasteiger charge is -2.01. The van der Waals surface area contributed by atoms with E-state index in [9.17, 15) is 10.1 Å². The van der Waals surface area contributed by atoms with E-state index in [0.717, 1.165) is 5.52 Å². The van der Waals surface area contributed by atoms with Crippen molar-refractivity contribution in [1.82, 2.24) is 15.0 Å². The molecule has 0 aliphatic carbocycles. The first kappa shape index (κ1) is 12.9. The molecule has 1 aromatic carbocycles. The molecule has 0 unspecified atom stereocenters. The van der Waals surface area contributed by atoms with E-state index in [0.29, 0.717) is 28.5 Å². The summed E-state index contributed by atoms with van der Waals surface area (Å²) >= 11 is 0. The van der Waals surface area contributed by atoms with Gasteiger partial charge in [0.1, 0.15) is 11.6 Å². The zero-order valence-corrected chi connectivity index (χ0v) is 11.1. The van der Waals surface area contributed by atoms with E-state index in [1.165, 1.54) is 18.2 Å². The summed E-state index contributed by atoms with van der Waals surface area (Å²) in [5.41, 5.74) is 7.98. The minimum absolute atomic E-state index is 0.0384. The maximum absolute atomic E-state index is 10.9. The van der Waals surface area contributed by atoms with Gasteiger partial charge in [0.15, 0.2) is 5.65 Å². The van der Waals surface area contributed by atoms with Crippen molar-refractivity contribution in [1.29, 1.82) is 0 Å². The molecule has 0 radical (unpaired) electrons. The standard InChI is InChI=1S/C13H12N6O2/c1-15-11-5-4-10-13(17-11)18-12(16-10)8-6-7(19(20)21)2-3-9(8)14/h2-6H,14H2,1H3,(H2,15,16,17,18). The van der Waals surface area contributed by atoms with Gasteiger partial charge in [-0.1, -0.05) is 0 Å². The summed E-state index contributed by atoms with van der Waals surface area (Å²) in [6, 6.07) is 7.89. The van der Waals surface area contributed by atoms with Crippen molar-refractivity contribution in [2.75, 3.05) is 18.1 Å². The van der Waals surface area contributed by atoms with Crippen molar-refractivity contribution in [3.8, 4) is 11.4 Å². The van der Waals surface area contributed by atoms with Crippen molar-refractivity contribution in [3.05, 3.63) is 40.4 Å². The lowest BCUT2D eigenvalue weighted by Crippen LogP contribution is -1.94. The molecule has 0 saturated heterocycles. The molecular weight excluding hydrogens is 272 g/mol. The number of nitro groups is 1. The number of aromatic nitrogens is 3.